The molecule has 2 aromatic rings. The van der Waals surface area contributed by atoms with Gasteiger partial charge in [-0.1, -0.05) is 6.07 Å². The molecule has 0 aliphatic rings. The highest BCUT2D eigenvalue weighted by Gasteiger charge is 2.12. The SMILES string of the molecule is CCOc1cc(/C=N\NC(=O)c2ccc(C)cc2OC)ccc1OCC(=O)O. The summed E-state index contributed by atoms with van der Waals surface area (Å²) in [4.78, 5) is 23.0. The Bertz CT molecular complexity index is 879. The summed E-state index contributed by atoms with van der Waals surface area (Å²) in [6, 6.07) is 10.1. The first-order chi connectivity index (χ1) is 13.4. The minimum atomic E-state index is -1.08. The highest BCUT2D eigenvalue weighted by atomic mass is 16.5. The minimum absolute atomic E-state index is 0.315. The monoisotopic (exact) mass is 386 g/mol. The van der Waals surface area contributed by atoms with Crippen LogP contribution in [0.4, 0.5) is 0 Å². The minimum Gasteiger partial charge on any atom is -0.496 e. The largest absolute Gasteiger partial charge is 0.496 e. The van der Waals surface area contributed by atoms with Gasteiger partial charge in [0.2, 0.25) is 0 Å². The summed E-state index contributed by atoms with van der Waals surface area (Å²) < 4.78 is 15.9. The quantitative estimate of drug-likeness (QED) is 0.507. The average molecular weight is 386 g/mol. The fourth-order valence-corrected chi connectivity index (χ4v) is 2.34. The first-order valence-corrected chi connectivity index (χ1v) is 8.54. The van der Waals surface area contributed by atoms with E-state index in [0.717, 1.165) is 5.56 Å². The molecule has 1 amide bonds. The van der Waals surface area contributed by atoms with Crippen LogP contribution < -0.4 is 19.6 Å². The van der Waals surface area contributed by atoms with E-state index in [1.165, 1.54) is 13.3 Å². The molecule has 0 radical (unpaired) electrons. The van der Waals surface area contributed by atoms with E-state index in [9.17, 15) is 9.59 Å². The summed E-state index contributed by atoms with van der Waals surface area (Å²) >= 11 is 0. The van der Waals surface area contributed by atoms with Gasteiger partial charge in [-0.3, -0.25) is 4.79 Å². The molecule has 0 saturated carbocycles. The van der Waals surface area contributed by atoms with Gasteiger partial charge in [0.15, 0.2) is 18.1 Å². The lowest BCUT2D eigenvalue weighted by Gasteiger charge is -2.11. The van der Waals surface area contributed by atoms with Crippen LogP contribution in [0.25, 0.3) is 0 Å². The lowest BCUT2D eigenvalue weighted by molar-refractivity contribution is -0.139. The van der Waals surface area contributed by atoms with Crippen molar-refractivity contribution < 1.29 is 28.9 Å². The average Bonchev–Trinajstić information content (AvgIpc) is 2.67. The number of rotatable bonds is 9. The maximum absolute atomic E-state index is 12.3. The molecule has 0 aliphatic heterocycles. The third-order valence-electron chi connectivity index (χ3n) is 3.60. The maximum Gasteiger partial charge on any atom is 0.341 e. The highest BCUT2D eigenvalue weighted by Crippen LogP contribution is 2.28. The molecule has 2 aromatic carbocycles. The molecule has 0 saturated heterocycles. The number of carboxylic acids is 1. The maximum atomic E-state index is 12.3. The van der Waals surface area contributed by atoms with Gasteiger partial charge in [-0.2, -0.15) is 5.10 Å². The Morgan fingerprint density at radius 1 is 1.11 bits per heavy atom. The predicted molar refractivity (Wildman–Crippen MR) is 104 cm³/mol. The van der Waals surface area contributed by atoms with Crippen LogP contribution in [0.1, 0.15) is 28.4 Å². The number of carbonyl (C=O) groups excluding carboxylic acids is 1. The zero-order chi connectivity index (χ0) is 20.5. The van der Waals surface area contributed by atoms with Crippen molar-refractivity contribution in [1.82, 2.24) is 5.43 Å². The molecule has 0 bridgehead atoms. The van der Waals surface area contributed by atoms with Crippen LogP contribution in [-0.2, 0) is 4.79 Å². The summed E-state index contributed by atoms with van der Waals surface area (Å²) in [7, 11) is 1.50. The molecule has 0 unspecified atom stereocenters. The fourth-order valence-electron chi connectivity index (χ4n) is 2.34. The number of nitrogens with one attached hydrogen (secondary N) is 1. The van der Waals surface area contributed by atoms with Crippen LogP contribution in [0.5, 0.6) is 17.2 Å². The summed E-state index contributed by atoms with van der Waals surface area (Å²) in [5.41, 5.74) is 4.44. The normalized spacial score (nSPS) is 10.5. The van der Waals surface area contributed by atoms with Crippen LogP contribution in [0.3, 0.4) is 0 Å². The van der Waals surface area contributed by atoms with Gasteiger partial charge in [0.05, 0.1) is 25.5 Å². The van der Waals surface area contributed by atoms with E-state index in [0.29, 0.717) is 35.0 Å². The van der Waals surface area contributed by atoms with Crippen LogP contribution in [0, 0.1) is 6.92 Å². The van der Waals surface area contributed by atoms with Gasteiger partial charge in [-0.15, -0.1) is 0 Å². The van der Waals surface area contributed by atoms with Gasteiger partial charge < -0.3 is 19.3 Å². The standard InChI is InChI=1S/C20H22N2O6/c1-4-27-18-10-14(6-8-16(18)28-12-19(23)24)11-21-22-20(25)15-7-5-13(2)9-17(15)26-3/h5-11H,4,12H2,1-3H3,(H,22,25)(H,23,24)/b21-11-. The van der Waals surface area contributed by atoms with Crippen molar-refractivity contribution >= 4 is 18.1 Å². The van der Waals surface area contributed by atoms with Crippen molar-refractivity contribution in [1.29, 1.82) is 0 Å². The molecule has 28 heavy (non-hydrogen) atoms. The van der Waals surface area contributed by atoms with Gasteiger partial charge in [-0.25, -0.2) is 10.2 Å². The van der Waals surface area contributed by atoms with Crippen LogP contribution >= 0.6 is 0 Å². The molecule has 2 rings (SSSR count). The predicted octanol–water partition coefficient (Wildman–Crippen LogP) is 2.63. The third-order valence-corrected chi connectivity index (χ3v) is 3.60. The Kier molecular flexibility index (Phi) is 7.38. The van der Waals surface area contributed by atoms with Crippen LogP contribution in [-0.4, -0.2) is 43.5 Å². The summed E-state index contributed by atoms with van der Waals surface area (Å²) in [6.45, 7) is 3.62. The molecular weight excluding hydrogens is 364 g/mol. The molecule has 2 N–H and O–H groups in total. The molecule has 0 heterocycles. The second-order valence-electron chi connectivity index (χ2n) is 5.72. The lowest BCUT2D eigenvalue weighted by Crippen LogP contribution is -2.18. The number of nitrogens with zero attached hydrogens (tertiary/aromatic N) is 1. The van der Waals surface area contributed by atoms with Crippen molar-refractivity contribution in [2.45, 2.75) is 13.8 Å². The van der Waals surface area contributed by atoms with Crippen molar-refractivity contribution in [3.8, 4) is 17.2 Å². The van der Waals surface area contributed by atoms with Crippen LogP contribution in [0.15, 0.2) is 41.5 Å². The van der Waals surface area contributed by atoms with E-state index in [-0.39, 0.29) is 0 Å². The van der Waals surface area contributed by atoms with Crippen molar-refractivity contribution in [3.05, 3.63) is 53.1 Å². The molecule has 8 nitrogen and oxygen atoms in total. The fraction of sp³-hybridized carbons (Fsp3) is 0.250. The van der Waals surface area contributed by atoms with Crippen molar-refractivity contribution in [3.63, 3.8) is 0 Å². The lowest BCUT2D eigenvalue weighted by atomic mass is 10.1. The summed E-state index contributed by atoms with van der Waals surface area (Å²) in [5.74, 6) is -0.317. The zero-order valence-electron chi connectivity index (χ0n) is 15.9. The van der Waals surface area contributed by atoms with Crippen molar-refractivity contribution in [2.24, 2.45) is 5.10 Å². The second kappa shape index (κ2) is 9.96. The molecule has 0 atom stereocenters. The number of benzene rings is 2. The number of hydrazone groups is 1. The molecule has 0 spiro atoms. The number of amides is 1. The topological polar surface area (TPSA) is 106 Å². The Morgan fingerprint density at radius 3 is 2.57 bits per heavy atom. The Balaban J connectivity index is 2.10. The molecular formula is C20H22N2O6. The van der Waals surface area contributed by atoms with E-state index < -0.39 is 18.5 Å². The van der Waals surface area contributed by atoms with Gasteiger partial charge in [0.25, 0.3) is 5.91 Å². The zero-order valence-corrected chi connectivity index (χ0v) is 15.9. The van der Waals surface area contributed by atoms with Gasteiger partial charge in [0, 0.05) is 0 Å². The third kappa shape index (κ3) is 5.73. The highest BCUT2D eigenvalue weighted by molar-refractivity contribution is 5.97. The molecule has 0 aliphatic carbocycles. The van der Waals surface area contributed by atoms with Gasteiger partial charge in [0.1, 0.15) is 5.75 Å². The Labute approximate surface area is 162 Å². The van der Waals surface area contributed by atoms with E-state index in [1.807, 2.05) is 13.0 Å². The first-order valence-electron chi connectivity index (χ1n) is 8.54. The smallest absolute Gasteiger partial charge is 0.341 e. The van der Waals surface area contributed by atoms with Gasteiger partial charge in [-0.05, 0) is 55.3 Å². The number of aliphatic carboxylic acids is 1. The van der Waals surface area contributed by atoms with Gasteiger partial charge >= 0.3 is 5.97 Å². The summed E-state index contributed by atoms with van der Waals surface area (Å²) in [6.07, 6.45) is 1.45. The van der Waals surface area contributed by atoms with E-state index >= 15 is 0 Å². The van der Waals surface area contributed by atoms with E-state index in [1.54, 1.807) is 37.3 Å². The number of hydrogen-bond acceptors (Lipinski definition) is 6. The number of ether oxygens (including phenoxy) is 3. The van der Waals surface area contributed by atoms with E-state index in [4.69, 9.17) is 19.3 Å². The Hall–Kier alpha value is -3.55. The molecule has 148 valence electrons. The number of hydrogen-bond donors (Lipinski definition) is 2. The van der Waals surface area contributed by atoms with E-state index in [2.05, 4.69) is 10.5 Å². The second-order valence-corrected chi connectivity index (χ2v) is 5.72. The first kappa shape index (κ1) is 20.8. The molecule has 8 heteroatoms. The number of carboxylic acid groups (broad SMARTS) is 1. The van der Waals surface area contributed by atoms with Crippen molar-refractivity contribution in [2.75, 3.05) is 20.3 Å². The van der Waals surface area contributed by atoms with Crippen LogP contribution in [0.2, 0.25) is 0 Å². The number of aryl methyl sites for hydroxylation is 1. The number of carbonyl (C=O) groups is 2. The summed E-state index contributed by atoms with van der Waals surface area (Å²) in [5, 5.41) is 12.7. The molecule has 0 aromatic heterocycles. The Morgan fingerprint density at radius 2 is 1.89 bits per heavy atom. The number of methoxy groups -OCH3 is 1. The molecule has 0 fully saturated rings.